The molecule has 1 aliphatic carbocycles. The fraction of sp³-hybridized carbons (Fsp3) is 0.556. The molecule has 1 N–H and O–H groups in total. The van der Waals surface area contributed by atoms with Crippen molar-refractivity contribution in [3.8, 4) is 0 Å². The first-order valence-electron chi connectivity index (χ1n) is 9.01. The second-order valence-electron chi connectivity index (χ2n) is 7.30. The molecule has 2 saturated heterocycles. The van der Waals surface area contributed by atoms with Crippen LogP contribution in [-0.4, -0.2) is 54.5 Å². The molecule has 4 rings (SSSR count). The van der Waals surface area contributed by atoms with Gasteiger partial charge >= 0.3 is 12.2 Å². The lowest BCUT2D eigenvalue weighted by Gasteiger charge is -2.53. The summed E-state index contributed by atoms with van der Waals surface area (Å²) >= 11 is 0. The molecular weight excluding hydrogens is 381 g/mol. The Hall–Kier alpha value is -2.49. The maximum atomic E-state index is 13.7. The maximum Gasteiger partial charge on any atom is 0.410 e. The largest absolute Gasteiger partial charge is 0.447 e. The zero-order chi connectivity index (χ0) is 19.9. The molecule has 2 heterocycles. The molecule has 1 aromatic carbocycles. The van der Waals surface area contributed by atoms with Crippen LogP contribution in [0.1, 0.15) is 24.8 Å². The van der Waals surface area contributed by atoms with Crippen LogP contribution in [0.3, 0.4) is 0 Å². The SMILES string of the molecule is O=C1NC2(CO1)CN(C(=O)OC1CCC1)C2COCc1c(F)cc(F)cc1F. The molecule has 10 heteroatoms. The highest BCUT2D eigenvalue weighted by atomic mass is 19.1. The van der Waals surface area contributed by atoms with Gasteiger partial charge in [0.05, 0.1) is 25.8 Å². The third-order valence-corrected chi connectivity index (χ3v) is 5.46. The standard InChI is InChI=1S/C18H19F3N2O5/c19-10-4-13(20)12(14(21)5-10)6-26-7-15-18(9-27-16(24)22-18)8-23(15)17(25)28-11-2-1-3-11/h4-5,11,15H,1-3,6-9H2,(H,22,24). The number of rotatable bonds is 5. The van der Waals surface area contributed by atoms with Crippen molar-refractivity contribution < 1.29 is 37.0 Å². The monoisotopic (exact) mass is 400 g/mol. The number of benzene rings is 1. The van der Waals surface area contributed by atoms with Crippen LogP contribution in [0.5, 0.6) is 0 Å². The summed E-state index contributed by atoms with van der Waals surface area (Å²) in [4.78, 5) is 25.3. The van der Waals surface area contributed by atoms with Gasteiger partial charge in [-0.05, 0) is 19.3 Å². The molecule has 2 aliphatic heterocycles. The Morgan fingerprint density at radius 1 is 1.29 bits per heavy atom. The van der Waals surface area contributed by atoms with E-state index in [1.807, 2.05) is 0 Å². The number of amides is 2. The fourth-order valence-electron chi connectivity index (χ4n) is 3.56. The number of nitrogens with zero attached hydrogens (tertiary/aromatic N) is 1. The van der Waals surface area contributed by atoms with E-state index in [9.17, 15) is 22.8 Å². The van der Waals surface area contributed by atoms with E-state index in [-0.39, 0.29) is 25.9 Å². The molecule has 2 unspecified atom stereocenters. The zero-order valence-electron chi connectivity index (χ0n) is 14.9. The average molecular weight is 400 g/mol. The van der Waals surface area contributed by atoms with Gasteiger partial charge in [-0.2, -0.15) is 0 Å². The average Bonchev–Trinajstić information content (AvgIpc) is 2.98. The molecule has 2 atom stereocenters. The van der Waals surface area contributed by atoms with Crippen molar-refractivity contribution in [2.45, 2.75) is 43.6 Å². The smallest absolute Gasteiger partial charge is 0.410 e. The van der Waals surface area contributed by atoms with Gasteiger partial charge in [-0.25, -0.2) is 22.8 Å². The number of ether oxygens (including phenoxy) is 3. The molecule has 3 fully saturated rings. The van der Waals surface area contributed by atoms with Crippen molar-refractivity contribution in [2.75, 3.05) is 19.8 Å². The minimum Gasteiger partial charge on any atom is -0.447 e. The second kappa shape index (κ2) is 7.16. The molecule has 1 saturated carbocycles. The van der Waals surface area contributed by atoms with Crippen molar-refractivity contribution in [2.24, 2.45) is 0 Å². The first-order chi connectivity index (χ1) is 13.4. The molecular formula is C18H19F3N2O5. The summed E-state index contributed by atoms with van der Waals surface area (Å²) in [6.07, 6.45) is 1.40. The van der Waals surface area contributed by atoms with Gasteiger partial charge in [0, 0.05) is 17.7 Å². The summed E-state index contributed by atoms with van der Waals surface area (Å²) in [6.45, 7) is -0.325. The topological polar surface area (TPSA) is 77.1 Å². The normalized spacial score (nSPS) is 26.5. The van der Waals surface area contributed by atoms with Crippen molar-refractivity contribution in [1.82, 2.24) is 10.2 Å². The highest BCUT2D eigenvalue weighted by Crippen LogP contribution is 2.35. The number of carbonyl (C=O) groups excluding carboxylic acids is 2. The third kappa shape index (κ3) is 3.36. The van der Waals surface area contributed by atoms with E-state index in [0.29, 0.717) is 12.1 Å². The summed E-state index contributed by atoms with van der Waals surface area (Å²) in [5.74, 6) is -3.13. The van der Waals surface area contributed by atoms with Gasteiger partial charge in [-0.1, -0.05) is 0 Å². The minimum absolute atomic E-state index is 0.0480. The quantitative estimate of drug-likeness (QED) is 0.822. The van der Waals surface area contributed by atoms with Crippen LogP contribution in [0.25, 0.3) is 0 Å². The van der Waals surface area contributed by atoms with E-state index < -0.39 is 53.4 Å². The maximum absolute atomic E-state index is 13.7. The first-order valence-corrected chi connectivity index (χ1v) is 9.01. The number of nitrogens with one attached hydrogen (secondary N) is 1. The van der Waals surface area contributed by atoms with Crippen molar-refractivity contribution >= 4 is 12.2 Å². The number of halogens is 3. The Labute approximate surface area is 158 Å². The Bertz CT molecular complexity index is 780. The van der Waals surface area contributed by atoms with Crippen LogP contribution < -0.4 is 5.32 Å². The van der Waals surface area contributed by atoms with Crippen LogP contribution >= 0.6 is 0 Å². The molecule has 28 heavy (non-hydrogen) atoms. The van der Waals surface area contributed by atoms with E-state index in [1.165, 1.54) is 4.90 Å². The lowest BCUT2D eigenvalue weighted by molar-refractivity contribution is -0.0789. The summed E-state index contributed by atoms with van der Waals surface area (Å²) in [5.41, 5.74) is -1.24. The van der Waals surface area contributed by atoms with Crippen LogP contribution in [0.2, 0.25) is 0 Å². The third-order valence-electron chi connectivity index (χ3n) is 5.46. The molecule has 0 bridgehead atoms. The van der Waals surface area contributed by atoms with E-state index in [4.69, 9.17) is 14.2 Å². The molecule has 0 aromatic heterocycles. The number of carbonyl (C=O) groups is 2. The van der Waals surface area contributed by atoms with Gasteiger partial charge < -0.3 is 19.5 Å². The number of cyclic esters (lactones) is 1. The van der Waals surface area contributed by atoms with Gasteiger partial charge in [0.15, 0.2) is 0 Å². The number of hydrogen-bond acceptors (Lipinski definition) is 5. The number of hydrogen-bond donors (Lipinski definition) is 1. The van der Waals surface area contributed by atoms with Gasteiger partial charge in [-0.15, -0.1) is 0 Å². The van der Waals surface area contributed by atoms with Crippen LogP contribution in [0.4, 0.5) is 22.8 Å². The van der Waals surface area contributed by atoms with E-state index in [1.54, 1.807) is 0 Å². The van der Waals surface area contributed by atoms with Crippen molar-refractivity contribution in [3.63, 3.8) is 0 Å². The zero-order valence-corrected chi connectivity index (χ0v) is 14.9. The van der Waals surface area contributed by atoms with E-state index >= 15 is 0 Å². The van der Waals surface area contributed by atoms with Gasteiger partial charge in [-0.3, -0.25) is 4.90 Å². The molecule has 152 valence electrons. The molecule has 0 radical (unpaired) electrons. The minimum atomic E-state index is -1.06. The first kappa shape index (κ1) is 18.9. The highest BCUT2D eigenvalue weighted by Gasteiger charge is 2.60. The summed E-state index contributed by atoms with van der Waals surface area (Å²) in [6, 6.07) is 0.526. The highest BCUT2D eigenvalue weighted by molar-refractivity contribution is 5.75. The Balaban J connectivity index is 1.41. The predicted molar refractivity (Wildman–Crippen MR) is 87.8 cm³/mol. The number of likely N-dealkylation sites (tertiary alicyclic amines) is 1. The molecule has 1 spiro atoms. The van der Waals surface area contributed by atoms with Crippen LogP contribution in [0, 0.1) is 17.5 Å². The Morgan fingerprint density at radius 2 is 2.00 bits per heavy atom. The summed E-state index contributed by atoms with van der Waals surface area (Å²) < 4.78 is 56.3. The van der Waals surface area contributed by atoms with Gasteiger partial charge in [0.2, 0.25) is 0 Å². The van der Waals surface area contributed by atoms with Crippen LogP contribution in [0.15, 0.2) is 12.1 Å². The summed E-state index contributed by atoms with van der Waals surface area (Å²) in [5, 5.41) is 2.67. The summed E-state index contributed by atoms with van der Waals surface area (Å²) in [7, 11) is 0. The molecule has 7 nitrogen and oxygen atoms in total. The fourth-order valence-corrected chi connectivity index (χ4v) is 3.56. The van der Waals surface area contributed by atoms with Crippen molar-refractivity contribution in [3.05, 3.63) is 35.1 Å². The Morgan fingerprint density at radius 3 is 2.57 bits per heavy atom. The molecule has 2 amide bonds. The molecule has 3 aliphatic rings. The molecule has 1 aromatic rings. The Kier molecular flexibility index (Phi) is 4.82. The van der Waals surface area contributed by atoms with Gasteiger partial charge in [0.1, 0.15) is 35.7 Å². The predicted octanol–water partition coefficient (Wildman–Crippen LogP) is 2.47. The lowest BCUT2D eigenvalue weighted by Crippen LogP contribution is -2.78. The lowest BCUT2D eigenvalue weighted by atomic mass is 9.81. The second-order valence-corrected chi connectivity index (χ2v) is 7.30. The van der Waals surface area contributed by atoms with E-state index in [2.05, 4.69) is 5.32 Å². The van der Waals surface area contributed by atoms with E-state index in [0.717, 1.165) is 19.3 Å². The van der Waals surface area contributed by atoms with Crippen LogP contribution in [-0.2, 0) is 20.8 Å². The number of alkyl carbamates (subject to hydrolysis) is 1. The van der Waals surface area contributed by atoms with Crippen molar-refractivity contribution in [1.29, 1.82) is 0 Å². The van der Waals surface area contributed by atoms with Gasteiger partial charge in [0.25, 0.3) is 0 Å².